The van der Waals surface area contributed by atoms with E-state index in [4.69, 9.17) is 0 Å². The normalized spacial score (nSPS) is 10.0. The van der Waals surface area contributed by atoms with Crippen LogP contribution >= 0.6 is 0 Å². The van der Waals surface area contributed by atoms with Crippen LogP contribution in [0.2, 0.25) is 0 Å². The first-order chi connectivity index (χ1) is 11.3. The van der Waals surface area contributed by atoms with Crippen LogP contribution in [0.5, 0.6) is 0 Å². The fraction of sp³-hybridized carbons (Fsp3) is 0. The summed E-state index contributed by atoms with van der Waals surface area (Å²) < 4.78 is 0. The number of nitrogens with zero attached hydrogens (tertiary/aromatic N) is 3. The van der Waals surface area contributed by atoms with Gasteiger partial charge in [-0.05, 0) is 18.2 Å². The number of carbonyl (C=O) groups is 1. The molecule has 0 atom stereocenters. The van der Waals surface area contributed by atoms with Crippen LogP contribution in [-0.2, 0) is 0 Å². The van der Waals surface area contributed by atoms with Crippen molar-refractivity contribution in [3.05, 3.63) is 78.4 Å². The number of rotatable bonds is 5. The number of anilines is 1. The lowest BCUT2D eigenvalue weighted by Crippen LogP contribution is -2.15. The smallest absolute Gasteiger partial charge is 0.322 e. The maximum atomic E-state index is 12.2. The Hall–Kier alpha value is -3.89. The largest absolute Gasteiger partial charge is 0.423 e. The van der Waals surface area contributed by atoms with Gasteiger partial charge in [0, 0.05) is 11.8 Å². The van der Waals surface area contributed by atoms with E-state index >= 15 is 0 Å². The summed E-state index contributed by atoms with van der Waals surface area (Å²) in [6.07, 6.45) is 0. The Bertz CT molecular complexity index is 851. The number of para-hydroxylation sites is 1. The van der Waals surface area contributed by atoms with Crippen molar-refractivity contribution in [2.45, 2.75) is 0 Å². The van der Waals surface area contributed by atoms with E-state index in [1.165, 1.54) is 12.1 Å². The van der Waals surface area contributed by atoms with Crippen LogP contribution in [-0.4, -0.2) is 20.7 Å². The molecule has 11 nitrogen and oxygen atoms in total. The van der Waals surface area contributed by atoms with Crippen LogP contribution in [0.3, 0.4) is 0 Å². The molecule has 0 heterocycles. The van der Waals surface area contributed by atoms with Crippen LogP contribution in [0, 0.1) is 30.3 Å². The highest BCUT2D eigenvalue weighted by Crippen LogP contribution is 2.39. The van der Waals surface area contributed by atoms with E-state index in [1.54, 1.807) is 18.2 Å². The molecule has 0 aliphatic rings. The second kappa shape index (κ2) is 6.48. The van der Waals surface area contributed by atoms with Gasteiger partial charge >= 0.3 is 17.1 Å². The van der Waals surface area contributed by atoms with Crippen molar-refractivity contribution in [2.24, 2.45) is 0 Å². The molecule has 0 aliphatic carbocycles. The highest BCUT2D eigenvalue weighted by Gasteiger charge is 2.40. The van der Waals surface area contributed by atoms with Crippen molar-refractivity contribution >= 4 is 28.7 Å². The molecule has 0 aliphatic heterocycles. The number of nitro groups is 3. The van der Waals surface area contributed by atoms with Gasteiger partial charge in [0.15, 0.2) is 0 Å². The first-order valence-corrected chi connectivity index (χ1v) is 6.29. The van der Waals surface area contributed by atoms with Gasteiger partial charge in [0.2, 0.25) is 0 Å². The minimum absolute atomic E-state index is 0.304. The lowest BCUT2D eigenvalue weighted by Gasteiger charge is -2.06. The number of carbonyl (C=O) groups excluding carboxylic acids is 1. The SMILES string of the molecule is O=C(Nc1ccccc1)c1ccc([N+](=O)[O-])c([N+](=O)[O-])c1[N+](=O)[O-]. The zero-order valence-electron chi connectivity index (χ0n) is 11.7. The zero-order chi connectivity index (χ0) is 17.9. The number of amides is 1. The van der Waals surface area contributed by atoms with Crippen LogP contribution < -0.4 is 5.32 Å². The molecule has 1 N–H and O–H groups in total. The van der Waals surface area contributed by atoms with Gasteiger partial charge in [0.25, 0.3) is 5.91 Å². The monoisotopic (exact) mass is 332 g/mol. The van der Waals surface area contributed by atoms with Gasteiger partial charge in [-0.3, -0.25) is 35.1 Å². The topological polar surface area (TPSA) is 159 Å². The van der Waals surface area contributed by atoms with Gasteiger partial charge in [-0.2, -0.15) is 0 Å². The predicted molar refractivity (Wildman–Crippen MR) is 80.8 cm³/mol. The molecule has 0 aromatic heterocycles. The number of nitro benzene ring substituents is 3. The Morgan fingerprint density at radius 1 is 0.792 bits per heavy atom. The maximum absolute atomic E-state index is 12.2. The average molecular weight is 332 g/mol. The number of benzene rings is 2. The fourth-order valence-corrected chi connectivity index (χ4v) is 1.98. The van der Waals surface area contributed by atoms with Gasteiger partial charge in [-0.15, -0.1) is 0 Å². The summed E-state index contributed by atoms with van der Waals surface area (Å²) in [5.41, 5.74) is -3.99. The summed E-state index contributed by atoms with van der Waals surface area (Å²) in [5, 5.41) is 35.4. The molecule has 0 saturated heterocycles. The lowest BCUT2D eigenvalue weighted by atomic mass is 10.1. The molecule has 2 aromatic carbocycles. The Kier molecular flexibility index (Phi) is 4.45. The molecule has 0 fully saturated rings. The molecule has 24 heavy (non-hydrogen) atoms. The van der Waals surface area contributed by atoms with E-state index in [9.17, 15) is 35.1 Å². The van der Waals surface area contributed by atoms with Crippen molar-refractivity contribution in [3.8, 4) is 0 Å². The summed E-state index contributed by atoms with van der Waals surface area (Å²) in [6.45, 7) is 0. The van der Waals surface area contributed by atoms with Gasteiger partial charge in [-0.25, -0.2) is 0 Å². The summed E-state index contributed by atoms with van der Waals surface area (Å²) in [6, 6.07) is 9.37. The van der Waals surface area contributed by atoms with E-state index < -0.39 is 43.3 Å². The zero-order valence-corrected chi connectivity index (χ0v) is 11.7. The number of nitrogens with one attached hydrogen (secondary N) is 1. The Morgan fingerprint density at radius 3 is 1.88 bits per heavy atom. The summed E-state index contributed by atoms with van der Waals surface area (Å²) in [5.74, 6) is -0.995. The maximum Gasteiger partial charge on any atom is 0.423 e. The van der Waals surface area contributed by atoms with Crippen molar-refractivity contribution in [3.63, 3.8) is 0 Å². The minimum atomic E-state index is -1.34. The highest BCUT2D eigenvalue weighted by molar-refractivity contribution is 6.08. The van der Waals surface area contributed by atoms with Crippen LogP contribution in [0.4, 0.5) is 22.7 Å². The van der Waals surface area contributed by atoms with E-state index in [2.05, 4.69) is 5.32 Å². The Morgan fingerprint density at radius 2 is 1.38 bits per heavy atom. The third kappa shape index (κ3) is 3.14. The van der Waals surface area contributed by atoms with Crippen molar-refractivity contribution < 1.29 is 19.6 Å². The fourth-order valence-electron chi connectivity index (χ4n) is 1.98. The third-order valence-corrected chi connectivity index (χ3v) is 2.97. The van der Waals surface area contributed by atoms with E-state index in [-0.39, 0.29) is 0 Å². The molecule has 2 aromatic rings. The minimum Gasteiger partial charge on any atom is -0.322 e. The molecule has 0 saturated carbocycles. The lowest BCUT2D eigenvalue weighted by molar-refractivity contribution is -0.441. The molecule has 0 spiro atoms. The molecule has 11 heteroatoms. The molecular formula is C13H8N4O7. The van der Waals surface area contributed by atoms with Gasteiger partial charge in [0.1, 0.15) is 5.56 Å². The molecular weight excluding hydrogens is 324 g/mol. The summed E-state index contributed by atoms with van der Waals surface area (Å²) in [4.78, 5) is 41.7. The van der Waals surface area contributed by atoms with Crippen molar-refractivity contribution in [1.29, 1.82) is 0 Å². The molecule has 122 valence electrons. The molecule has 2 rings (SSSR count). The third-order valence-electron chi connectivity index (χ3n) is 2.97. The highest BCUT2D eigenvalue weighted by atomic mass is 16.6. The number of hydrogen-bond donors (Lipinski definition) is 1. The number of hydrogen-bond acceptors (Lipinski definition) is 7. The van der Waals surface area contributed by atoms with Crippen LogP contribution in [0.1, 0.15) is 10.4 Å². The second-order valence-electron chi connectivity index (χ2n) is 4.42. The van der Waals surface area contributed by atoms with E-state index in [1.807, 2.05) is 0 Å². The van der Waals surface area contributed by atoms with E-state index in [0.29, 0.717) is 11.8 Å². The standard InChI is InChI=1S/C13H8N4O7/c18-13(14-8-4-2-1-3-5-8)9-6-7-10(15(19)20)12(17(23)24)11(9)16(21)22/h1-7H,(H,14,18). The molecule has 1 amide bonds. The first kappa shape index (κ1) is 16.5. The quantitative estimate of drug-likeness (QED) is 0.650. The predicted octanol–water partition coefficient (Wildman–Crippen LogP) is 2.66. The molecule has 0 radical (unpaired) electrons. The van der Waals surface area contributed by atoms with Gasteiger partial charge in [0.05, 0.1) is 14.8 Å². The van der Waals surface area contributed by atoms with Crippen LogP contribution in [0.15, 0.2) is 42.5 Å². The van der Waals surface area contributed by atoms with Gasteiger partial charge < -0.3 is 5.32 Å². The molecule has 0 unspecified atom stereocenters. The van der Waals surface area contributed by atoms with Gasteiger partial charge in [-0.1, -0.05) is 18.2 Å². The van der Waals surface area contributed by atoms with Crippen molar-refractivity contribution in [2.75, 3.05) is 5.32 Å². The average Bonchev–Trinajstić information content (AvgIpc) is 2.53. The molecule has 0 bridgehead atoms. The Balaban J connectivity index is 2.60. The van der Waals surface area contributed by atoms with E-state index in [0.717, 1.165) is 6.07 Å². The Labute approximate surface area is 133 Å². The summed E-state index contributed by atoms with van der Waals surface area (Å²) >= 11 is 0. The summed E-state index contributed by atoms with van der Waals surface area (Å²) in [7, 11) is 0. The van der Waals surface area contributed by atoms with Crippen molar-refractivity contribution in [1.82, 2.24) is 0 Å². The first-order valence-electron chi connectivity index (χ1n) is 6.29. The second-order valence-corrected chi connectivity index (χ2v) is 4.42. The van der Waals surface area contributed by atoms with Crippen LogP contribution in [0.25, 0.3) is 0 Å².